The molecule has 1 atom stereocenters. The molecule has 0 saturated carbocycles. The number of rotatable bonds is 3. The molecule has 1 unspecified atom stereocenters. The first-order chi connectivity index (χ1) is 23.2. The fourth-order valence-electron chi connectivity index (χ4n) is 8.20. The summed E-state index contributed by atoms with van der Waals surface area (Å²) in [6, 6.07) is 59.6. The van der Waals surface area contributed by atoms with E-state index >= 15 is 0 Å². The number of nitrogens with zero attached hydrogens (tertiary/aromatic N) is 2. The van der Waals surface area contributed by atoms with Gasteiger partial charge in [-0.2, -0.15) is 0 Å². The highest BCUT2D eigenvalue weighted by Gasteiger charge is 2.51. The molecule has 1 heterocycles. The molecule has 0 saturated heterocycles. The summed E-state index contributed by atoms with van der Waals surface area (Å²) in [5.41, 5.74) is 16.9. The van der Waals surface area contributed by atoms with Crippen molar-refractivity contribution in [3.8, 4) is 50.5 Å². The summed E-state index contributed by atoms with van der Waals surface area (Å²) >= 11 is 3.76. The molecule has 0 aliphatic heterocycles. The Morgan fingerprint density at radius 1 is 0.447 bits per heavy atom. The molecule has 2 aliphatic rings. The summed E-state index contributed by atoms with van der Waals surface area (Å²) in [5.74, 6) is 0.940. The van der Waals surface area contributed by atoms with Gasteiger partial charge in [-0.25, -0.2) is 4.98 Å². The van der Waals surface area contributed by atoms with Gasteiger partial charge in [0.05, 0.1) is 16.4 Å². The number of para-hydroxylation sites is 3. The normalized spacial score (nSPS) is 15.4. The van der Waals surface area contributed by atoms with Crippen molar-refractivity contribution in [1.82, 2.24) is 9.55 Å². The van der Waals surface area contributed by atoms with Gasteiger partial charge in [-0.15, -0.1) is 0 Å². The molecular formula is C44H27BrN2. The van der Waals surface area contributed by atoms with E-state index in [4.69, 9.17) is 4.98 Å². The molecule has 1 spiro atoms. The average Bonchev–Trinajstić information content (AvgIpc) is 3.76. The Morgan fingerprint density at radius 2 is 1.04 bits per heavy atom. The van der Waals surface area contributed by atoms with Crippen LogP contribution in [0.25, 0.3) is 61.5 Å². The predicted octanol–water partition coefficient (Wildman–Crippen LogP) is 11.5. The Labute approximate surface area is 281 Å². The smallest absolute Gasteiger partial charge is 0.145 e. The summed E-state index contributed by atoms with van der Waals surface area (Å²) in [6.45, 7) is 0. The highest BCUT2D eigenvalue weighted by molar-refractivity contribution is 9.10. The van der Waals surface area contributed by atoms with E-state index in [2.05, 4.69) is 184 Å². The zero-order valence-corrected chi connectivity index (χ0v) is 26.9. The van der Waals surface area contributed by atoms with E-state index in [9.17, 15) is 0 Å². The van der Waals surface area contributed by atoms with Crippen LogP contribution in [0.5, 0.6) is 0 Å². The maximum atomic E-state index is 5.14. The molecule has 1 aromatic heterocycles. The van der Waals surface area contributed by atoms with Crippen molar-refractivity contribution in [2.45, 2.75) is 5.41 Å². The molecule has 0 amide bonds. The first-order valence-corrected chi connectivity index (χ1v) is 16.8. The lowest BCUT2D eigenvalue weighted by Gasteiger charge is -2.30. The van der Waals surface area contributed by atoms with E-state index in [0.29, 0.717) is 0 Å². The zero-order valence-electron chi connectivity index (χ0n) is 25.4. The van der Waals surface area contributed by atoms with Crippen molar-refractivity contribution in [1.29, 1.82) is 0 Å². The van der Waals surface area contributed by atoms with Crippen LogP contribution in [0.3, 0.4) is 0 Å². The van der Waals surface area contributed by atoms with Gasteiger partial charge in [-0.05, 0) is 104 Å². The Hall–Kier alpha value is -5.51. The maximum absolute atomic E-state index is 5.14. The van der Waals surface area contributed by atoms with Crippen molar-refractivity contribution < 1.29 is 0 Å². The average molecular weight is 664 g/mol. The maximum Gasteiger partial charge on any atom is 0.145 e. The van der Waals surface area contributed by atoms with Gasteiger partial charge in [0.2, 0.25) is 0 Å². The van der Waals surface area contributed by atoms with E-state index in [0.717, 1.165) is 32.6 Å². The fourth-order valence-corrected chi connectivity index (χ4v) is 8.56. The number of fused-ring (bicyclic) bond motifs is 11. The summed E-state index contributed by atoms with van der Waals surface area (Å²) < 4.78 is 3.37. The first-order valence-electron chi connectivity index (χ1n) is 16.0. The second-order valence-corrected chi connectivity index (χ2v) is 13.4. The molecular weight excluding hydrogens is 636 g/mol. The quantitative estimate of drug-likeness (QED) is 0.184. The summed E-state index contributed by atoms with van der Waals surface area (Å²) in [5, 5.41) is 0. The molecule has 47 heavy (non-hydrogen) atoms. The largest absolute Gasteiger partial charge is 0.292 e. The minimum absolute atomic E-state index is 0.348. The van der Waals surface area contributed by atoms with Crippen LogP contribution in [-0.2, 0) is 5.41 Å². The lowest BCUT2D eigenvalue weighted by molar-refractivity contribution is 0.793. The van der Waals surface area contributed by atoms with Gasteiger partial charge in [0, 0.05) is 15.7 Å². The monoisotopic (exact) mass is 662 g/mol. The molecule has 220 valence electrons. The Morgan fingerprint density at radius 3 is 1.83 bits per heavy atom. The van der Waals surface area contributed by atoms with Crippen molar-refractivity contribution >= 4 is 27.0 Å². The van der Waals surface area contributed by atoms with Gasteiger partial charge in [-0.3, -0.25) is 4.57 Å². The van der Waals surface area contributed by atoms with E-state index in [1.54, 1.807) is 0 Å². The number of hydrogen-bond acceptors (Lipinski definition) is 1. The van der Waals surface area contributed by atoms with Crippen molar-refractivity contribution in [2.75, 3.05) is 0 Å². The van der Waals surface area contributed by atoms with E-state index < -0.39 is 0 Å². The van der Waals surface area contributed by atoms with Crippen LogP contribution >= 0.6 is 15.9 Å². The molecule has 10 rings (SSSR count). The second-order valence-electron chi connectivity index (χ2n) is 12.5. The number of imidazole rings is 1. The van der Waals surface area contributed by atoms with Gasteiger partial charge in [0.15, 0.2) is 0 Å². The third-order valence-electron chi connectivity index (χ3n) is 10.1. The van der Waals surface area contributed by atoms with Crippen molar-refractivity contribution in [3.63, 3.8) is 0 Å². The van der Waals surface area contributed by atoms with Crippen LogP contribution in [0.2, 0.25) is 0 Å². The lowest BCUT2D eigenvalue weighted by Crippen LogP contribution is -2.25. The standard InChI is InChI=1S/C44H27BrN2/c45-31-22-24-40-36(27-31)34-16-5-7-18-38(34)44(40)37-17-6-4-15-33(37)35-26-29(21-23-39(35)44)28-11-10-12-30(25-28)43-46-41-19-8-9-20-42(41)47(43)32-13-2-1-3-14-32/h1-27H. The number of hydrogen-bond donors (Lipinski definition) is 0. The molecule has 0 fully saturated rings. The highest BCUT2D eigenvalue weighted by Crippen LogP contribution is 2.63. The minimum Gasteiger partial charge on any atom is -0.292 e. The van der Waals surface area contributed by atoms with Gasteiger partial charge in [-0.1, -0.05) is 131 Å². The molecule has 2 aliphatic carbocycles. The Kier molecular flexibility index (Phi) is 5.67. The molecule has 7 aromatic carbocycles. The number of benzene rings is 7. The molecule has 0 radical (unpaired) electrons. The Balaban J connectivity index is 1.17. The van der Waals surface area contributed by atoms with Gasteiger partial charge < -0.3 is 0 Å². The van der Waals surface area contributed by atoms with Gasteiger partial charge in [0.1, 0.15) is 5.82 Å². The lowest BCUT2D eigenvalue weighted by atomic mass is 9.70. The van der Waals surface area contributed by atoms with Crippen LogP contribution in [0.4, 0.5) is 0 Å². The van der Waals surface area contributed by atoms with Crippen LogP contribution < -0.4 is 0 Å². The molecule has 2 nitrogen and oxygen atoms in total. The predicted molar refractivity (Wildman–Crippen MR) is 196 cm³/mol. The zero-order chi connectivity index (χ0) is 31.1. The minimum atomic E-state index is -0.348. The summed E-state index contributed by atoms with van der Waals surface area (Å²) in [4.78, 5) is 5.14. The summed E-state index contributed by atoms with van der Waals surface area (Å²) in [6.07, 6.45) is 0. The third-order valence-corrected chi connectivity index (χ3v) is 10.6. The topological polar surface area (TPSA) is 17.8 Å². The summed E-state index contributed by atoms with van der Waals surface area (Å²) in [7, 11) is 0. The molecule has 8 aromatic rings. The van der Waals surface area contributed by atoms with Crippen LogP contribution in [0.15, 0.2) is 168 Å². The van der Waals surface area contributed by atoms with Crippen molar-refractivity contribution in [3.05, 3.63) is 191 Å². The van der Waals surface area contributed by atoms with Gasteiger partial charge >= 0.3 is 0 Å². The van der Waals surface area contributed by atoms with Gasteiger partial charge in [0.25, 0.3) is 0 Å². The molecule has 0 N–H and O–H groups in total. The van der Waals surface area contributed by atoms with Crippen LogP contribution in [0.1, 0.15) is 22.3 Å². The molecule has 0 bridgehead atoms. The highest BCUT2D eigenvalue weighted by atomic mass is 79.9. The van der Waals surface area contributed by atoms with E-state index in [1.165, 1.54) is 55.6 Å². The SMILES string of the molecule is Brc1ccc2c(c1)-c1ccccc1C21c2ccccc2-c2cc(-c3cccc(-c4nc5ccccc5n4-c4ccccc4)c3)ccc21. The fraction of sp³-hybridized carbons (Fsp3) is 0.0227. The van der Waals surface area contributed by atoms with Crippen molar-refractivity contribution in [2.24, 2.45) is 0 Å². The Bertz CT molecular complexity index is 2540. The van der Waals surface area contributed by atoms with Crippen LogP contribution in [-0.4, -0.2) is 9.55 Å². The number of aromatic nitrogens is 2. The third kappa shape index (κ3) is 3.69. The second kappa shape index (κ2) is 9.99. The van der Waals surface area contributed by atoms with E-state index in [-0.39, 0.29) is 5.41 Å². The van der Waals surface area contributed by atoms with Crippen LogP contribution in [0, 0.1) is 0 Å². The number of halogens is 1. The van der Waals surface area contributed by atoms with E-state index in [1.807, 2.05) is 0 Å². The first kappa shape index (κ1) is 26.7. The molecule has 3 heteroatoms.